The van der Waals surface area contributed by atoms with Gasteiger partial charge in [0.15, 0.2) is 11.0 Å². The second-order valence-electron chi connectivity index (χ2n) is 6.73. The largest absolute Gasteiger partial charge is 0.355 e. The highest BCUT2D eigenvalue weighted by atomic mass is 35.5. The van der Waals surface area contributed by atoms with Crippen LogP contribution < -0.4 is 10.2 Å². The molecule has 0 atom stereocenters. The van der Waals surface area contributed by atoms with Crippen LogP contribution >= 0.6 is 23.2 Å². The van der Waals surface area contributed by atoms with E-state index in [1.807, 2.05) is 18.2 Å². The SMILES string of the molecule is CCc1ccc(Cl)c(CC)c1NC(=O)C1CCN(c2ccc(Cl)nn2)CC1. The van der Waals surface area contributed by atoms with E-state index in [9.17, 15) is 4.79 Å². The van der Waals surface area contributed by atoms with E-state index >= 15 is 0 Å². The molecule has 1 aromatic heterocycles. The minimum absolute atomic E-state index is 0.0186. The fourth-order valence-electron chi connectivity index (χ4n) is 3.54. The zero-order valence-electron chi connectivity index (χ0n) is 15.6. The van der Waals surface area contributed by atoms with Gasteiger partial charge < -0.3 is 10.2 Å². The number of aryl methyl sites for hydroxylation is 1. The van der Waals surface area contributed by atoms with Crippen LogP contribution in [-0.4, -0.2) is 29.2 Å². The lowest BCUT2D eigenvalue weighted by atomic mass is 9.95. The van der Waals surface area contributed by atoms with Crippen molar-refractivity contribution < 1.29 is 4.79 Å². The summed E-state index contributed by atoms with van der Waals surface area (Å²) >= 11 is 12.1. The van der Waals surface area contributed by atoms with Gasteiger partial charge in [-0.1, -0.05) is 43.1 Å². The molecule has 144 valence electrons. The van der Waals surface area contributed by atoms with E-state index in [0.717, 1.165) is 61.4 Å². The molecule has 2 heterocycles. The monoisotopic (exact) mass is 406 g/mol. The molecule has 5 nitrogen and oxygen atoms in total. The molecule has 0 unspecified atom stereocenters. The topological polar surface area (TPSA) is 58.1 Å². The molecule has 1 N–H and O–H groups in total. The van der Waals surface area contributed by atoms with Crippen LogP contribution in [-0.2, 0) is 17.6 Å². The van der Waals surface area contributed by atoms with Gasteiger partial charge in [0, 0.05) is 29.7 Å². The second kappa shape index (κ2) is 8.89. The summed E-state index contributed by atoms with van der Waals surface area (Å²) in [6.45, 7) is 5.68. The number of nitrogens with one attached hydrogen (secondary N) is 1. The lowest BCUT2D eigenvalue weighted by molar-refractivity contribution is -0.120. The van der Waals surface area contributed by atoms with Crippen LogP contribution in [0.4, 0.5) is 11.5 Å². The normalized spacial score (nSPS) is 15.0. The number of aromatic nitrogens is 2. The van der Waals surface area contributed by atoms with Crippen LogP contribution in [0.15, 0.2) is 24.3 Å². The summed E-state index contributed by atoms with van der Waals surface area (Å²) in [5, 5.41) is 12.3. The van der Waals surface area contributed by atoms with Crippen LogP contribution in [0.2, 0.25) is 10.2 Å². The van der Waals surface area contributed by atoms with E-state index in [2.05, 4.69) is 34.3 Å². The van der Waals surface area contributed by atoms with Crippen LogP contribution in [0, 0.1) is 5.92 Å². The van der Waals surface area contributed by atoms with Crippen molar-refractivity contribution in [1.29, 1.82) is 0 Å². The van der Waals surface area contributed by atoms with Crippen molar-refractivity contribution in [3.05, 3.63) is 45.6 Å². The molecule has 1 saturated heterocycles. The van der Waals surface area contributed by atoms with Crippen LogP contribution in [0.3, 0.4) is 0 Å². The maximum Gasteiger partial charge on any atom is 0.227 e. The Kier molecular flexibility index (Phi) is 6.55. The summed E-state index contributed by atoms with van der Waals surface area (Å²) in [5.41, 5.74) is 3.03. The molecule has 0 spiro atoms. The van der Waals surface area contributed by atoms with E-state index in [1.165, 1.54) is 0 Å². The van der Waals surface area contributed by atoms with E-state index in [1.54, 1.807) is 6.07 Å². The third-order valence-electron chi connectivity index (χ3n) is 5.13. The number of rotatable bonds is 5. The van der Waals surface area contributed by atoms with Gasteiger partial charge in [-0.25, -0.2) is 0 Å². The Labute approximate surface area is 170 Å². The number of carbonyl (C=O) groups excluding carboxylic acids is 1. The van der Waals surface area contributed by atoms with Gasteiger partial charge >= 0.3 is 0 Å². The molecule has 1 aliphatic heterocycles. The quantitative estimate of drug-likeness (QED) is 0.776. The molecular formula is C20H24Cl2N4O. The van der Waals surface area contributed by atoms with Crippen molar-refractivity contribution in [3.8, 4) is 0 Å². The molecule has 0 aliphatic carbocycles. The number of amides is 1. The van der Waals surface area contributed by atoms with Crippen molar-refractivity contribution >= 4 is 40.6 Å². The maximum atomic E-state index is 12.9. The van der Waals surface area contributed by atoms with Crippen molar-refractivity contribution in [1.82, 2.24) is 10.2 Å². The summed E-state index contributed by atoms with van der Waals surface area (Å²) in [4.78, 5) is 15.0. The fourth-order valence-corrected chi connectivity index (χ4v) is 3.93. The standard InChI is InChI=1S/C20H24Cl2N4O/c1-3-13-5-6-16(21)15(4-2)19(13)23-20(27)14-9-11-26(12-10-14)18-8-7-17(22)24-25-18/h5-8,14H,3-4,9-12H2,1-2H3,(H,23,27). The Hall–Kier alpha value is -1.85. The fraction of sp³-hybridized carbons (Fsp3) is 0.450. The number of nitrogens with zero attached hydrogens (tertiary/aromatic N) is 3. The number of piperidine rings is 1. The molecule has 27 heavy (non-hydrogen) atoms. The average Bonchev–Trinajstić information content (AvgIpc) is 2.69. The molecule has 1 amide bonds. The van der Waals surface area contributed by atoms with E-state index in [4.69, 9.17) is 23.2 Å². The first-order chi connectivity index (χ1) is 13.0. The maximum absolute atomic E-state index is 12.9. The molecular weight excluding hydrogens is 383 g/mol. The summed E-state index contributed by atoms with van der Waals surface area (Å²) in [6, 6.07) is 7.52. The number of hydrogen-bond acceptors (Lipinski definition) is 4. The second-order valence-corrected chi connectivity index (χ2v) is 7.53. The predicted molar refractivity (Wildman–Crippen MR) is 111 cm³/mol. The number of benzene rings is 1. The molecule has 1 aromatic carbocycles. The first-order valence-corrected chi connectivity index (χ1v) is 10.1. The smallest absolute Gasteiger partial charge is 0.227 e. The third kappa shape index (κ3) is 4.53. The molecule has 0 bridgehead atoms. The number of carbonyl (C=O) groups is 1. The van der Waals surface area contributed by atoms with Gasteiger partial charge in [-0.05, 0) is 55.0 Å². The summed E-state index contributed by atoms with van der Waals surface area (Å²) in [6.07, 6.45) is 3.20. The Morgan fingerprint density at radius 1 is 1.11 bits per heavy atom. The minimum atomic E-state index is -0.0186. The summed E-state index contributed by atoms with van der Waals surface area (Å²) in [5.74, 6) is 0.855. The van der Waals surface area contributed by atoms with Gasteiger partial charge in [0.1, 0.15) is 0 Å². The Morgan fingerprint density at radius 2 is 1.85 bits per heavy atom. The van der Waals surface area contributed by atoms with Crippen molar-refractivity contribution in [3.63, 3.8) is 0 Å². The van der Waals surface area contributed by atoms with E-state index in [-0.39, 0.29) is 11.8 Å². The lowest BCUT2D eigenvalue weighted by Crippen LogP contribution is -2.38. The molecule has 2 aromatic rings. The van der Waals surface area contributed by atoms with Gasteiger partial charge in [0.2, 0.25) is 5.91 Å². The average molecular weight is 407 g/mol. The Morgan fingerprint density at radius 3 is 2.44 bits per heavy atom. The minimum Gasteiger partial charge on any atom is -0.355 e. The van der Waals surface area contributed by atoms with Crippen molar-refractivity contribution in [2.45, 2.75) is 39.5 Å². The molecule has 1 fully saturated rings. The van der Waals surface area contributed by atoms with Gasteiger partial charge in [-0.3, -0.25) is 4.79 Å². The van der Waals surface area contributed by atoms with Crippen LogP contribution in [0.5, 0.6) is 0 Å². The van der Waals surface area contributed by atoms with Gasteiger partial charge in [-0.15, -0.1) is 10.2 Å². The van der Waals surface area contributed by atoms with E-state index in [0.29, 0.717) is 10.2 Å². The number of hydrogen-bond donors (Lipinski definition) is 1. The predicted octanol–water partition coefficient (Wildman–Crippen LogP) is 4.76. The molecule has 7 heteroatoms. The van der Waals surface area contributed by atoms with Crippen molar-refractivity contribution in [2.24, 2.45) is 5.92 Å². The van der Waals surface area contributed by atoms with Crippen LogP contribution in [0.1, 0.15) is 37.8 Å². The first kappa shape index (κ1) is 19.9. The Balaban J connectivity index is 1.67. The number of halogens is 2. The van der Waals surface area contributed by atoms with Gasteiger partial charge in [0.05, 0.1) is 0 Å². The third-order valence-corrected chi connectivity index (χ3v) is 5.69. The highest BCUT2D eigenvalue weighted by Crippen LogP contribution is 2.31. The molecule has 0 radical (unpaired) electrons. The lowest BCUT2D eigenvalue weighted by Gasteiger charge is -2.32. The highest BCUT2D eigenvalue weighted by molar-refractivity contribution is 6.32. The van der Waals surface area contributed by atoms with E-state index < -0.39 is 0 Å². The molecule has 0 saturated carbocycles. The van der Waals surface area contributed by atoms with Gasteiger partial charge in [0.25, 0.3) is 0 Å². The molecule has 1 aliphatic rings. The summed E-state index contributed by atoms with van der Waals surface area (Å²) < 4.78 is 0. The zero-order valence-corrected chi connectivity index (χ0v) is 17.1. The zero-order chi connectivity index (χ0) is 19.4. The number of anilines is 2. The molecule has 3 rings (SSSR count). The van der Waals surface area contributed by atoms with Gasteiger partial charge in [-0.2, -0.15) is 0 Å². The highest BCUT2D eigenvalue weighted by Gasteiger charge is 2.27. The van der Waals surface area contributed by atoms with Crippen molar-refractivity contribution in [2.75, 3.05) is 23.3 Å². The van der Waals surface area contributed by atoms with Crippen LogP contribution in [0.25, 0.3) is 0 Å². The Bertz CT molecular complexity index is 802. The first-order valence-electron chi connectivity index (χ1n) is 9.38. The summed E-state index contributed by atoms with van der Waals surface area (Å²) in [7, 11) is 0.